The van der Waals surface area contributed by atoms with Crippen LogP contribution >= 0.6 is 0 Å². The summed E-state index contributed by atoms with van der Waals surface area (Å²) in [4.78, 5) is 16.5. The predicted octanol–water partition coefficient (Wildman–Crippen LogP) is 1.24. The first-order chi connectivity index (χ1) is 8.69. The number of carboxylic acid groups (broad SMARTS) is 1. The lowest BCUT2D eigenvalue weighted by atomic mass is 10.4. The third-order valence-corrected chi connectivity index (χ3v) is 2.37. The molecule has 2 rings (SSSR count). The van der Waals surface area contributed by atoms with Gasteiger partial charge in [0.15, 0.2) is 5.76 Å². The monoisotopic (exact) mass is 251 g/mol. The zero-order chi connectivity index (χ0) is 13.0. The van der Waals surface area contributed by atoms with Gasteiger partial charge < -0.3 is 14.0 Å². The first-order valence-electron chi connectivity index (χ1n) is 5.49. The highest BCUT2D eigenvalue weighted by molar-refractivity contribution is 5.69. The van der Waals surface area contributed by atoms with Gasteiger partial charge in [-0.25, -0.2) is 0 Å². The maximum absolute atomic E-state index is 10.6. The molecule has 0 aliphatic rings. The van der Waals surface area contributed by atoms with E-state index < -0.39 is 5.97 Å². The van der Waals surface area contributed by atoms with Crippen LogP contribution in [0.2, 0.25) is 0 Å². The largest absolute Gasteiger partial charge is 0.480 e. The first kappa shape index (κ1) is 12.3. The molecule has 0 amide bonds. The number of carbonyl (C=O) groups is 1. The van der Waals surface area contributed by atoms with Crippen LogP contribution in [-0.4, -0.2) is 39.2 Å². The minimum Gasteiger partial charge on any atom is -0.480 e. The summed E-state index contributed by atoms with van der Waals surface area (Å²) in [7, 11) is 0. The highest BCUT2D eigenvalue weighted by atomic mass is 16.5. The molecular formula is C11H13N3O4. The molecule has 0 spiro atoms. The number of aromatic nitrogens is 2. The zero-order valence-electron chi connectivity index (χ0n) is 9.87. The van der Waals surface area contributed by atoms with Crippen LogP contribution in [0.25, 0.3) is 11.6 Å². The number of furan rings is 1. The molecule has 0 saturated carbocycles. The number of rotatable bonds is 6. The van der Waals surface area contributed by atoms with E-state index in [1.54, 1.807) is 17.0 Å². The van der Waals surface area contributed by atoms with E-state index in [0.29, 0.717) is 30.6 Å². The quantitative estimate of drug-likeness (QED) is 0.825. The fourth-order valence-corrected chi connectivity index (χ4v) is 1.49. The van der Waals surface area contributed by atoms with Crippen LogP contribution in [0.1, 0.15) is 12.8 Å². The fourth-order valence-electron chi connectivity index (χ4n) is 1.49. The molecule has 0 atom stereocenters. The van der Waals surface area contributed by atoms with Crippen molar-refractivity contribution in [1.82, 2.24) is 15.0 Å². The predicted molar refractivity (Wildman–Crippen MR) is 60.6 cm³/mol. The number of nitrogens with zero attached hydrogens (tertiary/aromatic N) is 3. The molecule has 0 bridgehead atoms. The minimum atomic E-state index is -0.886. The Morgan fingerprint density at radius 3 is 3.00 bits per heavy atom. The van der Waals surface area contributed by atoms with Gasteiger partial charge in [0.1, 0.15) is 0 Å². The average molecular weight is 251 g/mol. The maximum Gasteiger partial charge on any atom is 0.317 e. The second kappa shape index (κ2) is 5.46. The van der Waals surface area contributed by atoms with Gasteiger partial charge in [0, 0.05) is 0 Å². The SMILES string of the molecule is CCN(CC(=O)O)Cc1nc(-c2ccco2)no1. The molecule has 7 nitrogen and oxygen atoms in total. The molecule has 0 saturated heterocycles. The van der Waals surface area contributed by atoms with Gasteiger partial charge in [-0.1, -0.05) is 12.1 Å². The highest BCUT2D eigenvalue weighted by Gasteiger charge is 2.15. The van der Waals surface area contributed by atoms with E-state index in [1.165, 1.54) is 6.26 Å². The Labute approximate surface area is 103 Å². The molecule has 0 radical (unpaired) electrons. The third kappa shape index (κ3) is 2.95. The van der Waals surface area contributed by atoms with Crippen molar-refractivity contribution in [3.63, 3.8) is 0 Å². The summed E-state index contributed by atoms with van der Waals surface area (Å²) >= 11 is 0. The maximum atomic E-state index is 10.6. The standard InChI is InChI=1S/C11H13N3O4/c1-2-14(7-10(15)16)6-9-12-11(13-18-9)8-4-3-5-17-8/h3-5H,2,6-7H2,1H3,(H,15,16). The van der Waals surface area contributed by atoms with E-state index in [1.807, 2.05) is 6.92 Å². The van der Waals surface area contributed by atoms with Crippen LogP contribution in [0.5, 0.6) is 0 Å². The molecule has 0 unspecified atom stereocenters. The fraction of sp³-hybridized carbons (Fsp3) is 0.364. The molecule has 1 N–H and O–H groups in total. The molecule has 2 aromatic rings. The van der Waals surface area contributed by atoms with Gasteiger partial charge in [-0.2, -0.15) is 4.98 Å². The van der Waals surface area contributed by atoms with Crippen molar-refractivity contribution in [3.05, 3.63) is 24.3 Å². The Bertz CT molecular complexity index is 506. The molecule has 0 aliphatic heterocycles. The van der Waals surface area contributed by atoms with E-state index in [9.17, 15) is 4.79 Å². The summed E-state index contributed by atoms with van der Waals surface area (Å²) in [6.45, 7) is 2.70. The molecule has 7 heteroatoms. The van der Waals surface area contributed by atoms with Gasteiger partial charge in [0.25, 0.3) is 0 Å². The normalized spacial score (nSPS) is 11.0. The first-order valence-corrected chi connectivity index (χ1v) is 5.49. The van der Waals surface area contributed by atoms with Crippen molar-refractivity contribution >= 4 is 5.97 Å². The molecule has 2 aromatic heterocycles. The highest BCUT2D eigenvalue weighted by Crippen LogP contribution is 2.16. The Balaban J connectivity index is 2.04. The summed E-state index contributed by atoms with van der Waals surface area (Å²) in [6.07, 6.45) is 1.52. The number of likely N-dealkylation sites (N-methyl/N-ethyl adjacent to an activating group) is 1. The van der Waals surface area contributed by atoms with Crippen molar-refractivity contribution in [2.75, 3.05) is 13.1 Å². The molecule has 96 valence electrons. The van der Waals surface area contributed by atoms with Crippen molar-refractivity contribution in [2.24, 2.45) is 0 Å². The van der Waals surface area contributed by atoms with Crippen LogP contribution in [-0.2, 0) is 11.3 Å². The van der Waals surface area contributed by atoms with Crippen molar-refractivity contribution in [1.29, 1.82) is 0 Å². The van der Waals surface area contributed by atoms with E-state index in [2.05, 4.69) is 10.1 Å². The third-order valence-electron chi connectivity index (χ3n) is 2.37. The smallest absolute Gasteiger partial charge is 0.317 e. The van der Waals surface area contributed by atoms with Gasteiger partial charge in [-0.05, 0) is 18.7 Å². The Kier molecular flexibility index (Phi) is 3.73. The molecule has 0 aromatic carbocycles. The van der Waals surface area contributed by atoms with E-state index in [0.717, 1.165) is 0 Å². The van der Waals surface area contributed by atoms with Gasteiger partial charge in [0.2, 0.25) is 11.7 Å². The number of carboxylic acids is 1. The second-order valence-electron chi connectivity index (χ2n) is 3.69. The summed E-state index contributed by atoms with van der Waals surface area (Å²) < 4.78 is 10.2. The second-order valence-corrected chi connectivity index (χ2v) is 3.69. The van der Waals surface area contributed by atoms with E-state index >= 15 is 0 Å². The zero-order valence-corrected chi connectivity index (χ0v) is 9.87. The number of hydrogen-bond acceptors (Lipinski definition) is 6. The molecule has 18 heavy (non-hydrogen) atoms. The van der Waals surface area contributed by atoms with Crippen LogP contribution in [0, 0.1) is 0 Å². The van der Waals surface area contributed by atoms with Crippen molar-refractivity contribution in [2.45, 2.75) is 13.5 Å². The Morgan fingerprint density at radius 1 is 1.56 bits per heavy atom. The van der Waals surface area contributed by atoms with Gasteiger partial charge in [-0.3, -0.25) is 9.69 Å². The van der Waals surface area contributed by atoms with E-state index in [-0.39, 0.29) is 6.54 Å². The average Bonchev–Trinajstić information content (AvgIpc) is 2.97. The Morgan fingerprint density at radius 2 is 2.39 bits per heavy atom. The Hall–Kier alpha value is -2.15. The summed E-state index contributed by atoms with van der Waals surface area (Å²) in [5, 5.41) is 12.5. The molecule has 0 aliphatic carbocycles. The lowest BCUT2D eigenvalue weighted by Crippen LogP contribution is -2.29. The van der Waals surface area contributed by atoms with Crippen LogP contribution in [0.4, 0.5) is 0 Å². The molecular weight excluding hydrogens is 238 g/mol. The van der Waals surface area contributed by atoms with Gasteiger partial charge >= 0.3 is 5.97 Å². The number of hydrogen-bond donors (Lipinski definition) is 1. The summed E-state index contributed by atoms with van der Waals surface area (Å²) in [6, 6.07) is 3.46. The van der Waals surface area contributed by atoms with Crippen LogP contribution < -0.4 is 0 Å². The van der Waals surface area contributed by atoms with Crippen molar-refractivity contribution in [3.8, 4) is 11.6 Å². The molecule has 2 heterocycles. The number of aliphatic carboxylic acids is 1. The lowest BCUT2D eigenvalue weighted by molar-refractivity contribution is -0.138. The van der Waals surface area contributed by atoms with Crippen molar-refractivity contribution < 1.29 is 18.8 Å². The summed E-state index contributed by atoms with van der Waals surface area (Å²) in [5.74, 6) is 0.361. The van der Waals surface area contributed by atoms with Crippen LogP contribution in [0.3, 0.4) is 0 Å². The van der Waals surface area contributed by atoms with Crippen LogP contribution in [0.15, 0.2) is 27.3 Å². The summed E-state index contributed by atoms with van der Waals surface area (Å²) in [5.41, 5.74) is 0. The lowest BCUT2D eigenvalue weighted by Gasteiger charge is -2.14. The van der Waals surface area contributed by atoms with Gasteiger partial charge in [0.05, 0.1) is 19.4 Å². The molecule has 0 fully saturated rings. The topological polar surface area (TPSA) is 92.6 Å². The minimum absolute atomic E-state index is 0.0606. The van der Waals surface area contributed by atoms with Gasteiger partial charge in [-0.15, -0.1) is 0 Å². The van der Waals surface area contributed by atoms with E-state index in [4.69, 9.17) is 14.0 Å².